The second-order valence-corrected chi connectivity index (χ2v) is 12.4. The fourth-order valence-electron chi connectivity index (χ4n) is 4.97. The van der Waals surface area contributed by atoms with Crippen LogP contribution in [-0.4, -0.2) is 55.0 Å². The number of benzene rings is 3. The van der Waals surface area contributed by atoms with Crippen LogP contribution in [0.1, 0.15) is 44.6 Å². The van der Waals surface area contributed by atoms with E-state index in [2.05, 4.69) is 0 Å². The largest absolute Gasteiger partial charge is 0.466 e. The molecule has 2 fully saturated rings. The first-order valence-corrected chi connectivity index (χ1v) is 15.4. The van der Waals surface area contributed by atoms with Crippen molar-refractivity contribution in [1.82, 2.24) is 0 Å². The van der Waals surface area contributed by atoms with Gasteiger partial charge in [0.1, 0.15) is 23.7 Å². The summed E-state index contributed by atoms with van der Waals surface area (Å²) >= 11 is 1.47. The highest BCUT2D eigenvalue weighted by Gasteiger charge is 2.53. The highest BCUT2D eigenvalue weighted by Crippen LogP contribution is 2.42. The molecule has 0 amide bonds. The molecular formula is C34H38O8S. The van der Waals surface area contributed by atoms with Crippen LogP contribution < -0.4 is 0 Å². The van der Waals surface area contributed by atoms with Gasteiger partial charge in [-0.25, -0.2) is 0 Å². The molecule has 0 N–H and O–H groups in total. The van der Waals surface area contributed by atoms with Gasteiger partial charge in [-0.15, -0.1) is 0 Å². The molecule has 2 heterocycles. The van der Waals surface area contributed by atoms with Crippen LogP contribution in [0.25, 0.3) is 0 Å². The molecule has 0 aromatic heterocycles. The monoisotopic (exact) mass is 606 g/mol. The molecule has 1 unspecified atom stereocenters. The van der Waals surface area contributed by atoms with Crippen molar-refractivity contribution in [1.29, 1.82) is 0 Å². The lowest BCUT2D eigenvalue weighted by Crippen LogP contribution is -2.63. The van der Waals surface area contributed by atoms with Crippen molar-refractivity contribution < 1.29 is 38.0 Å². The molecule has 2 saturated heterocycles. The first kappa shape index (κ1) is 31.2. The van der Waals surface area contributed by atoms with Gasteiger partial charge in [0.25, 0.3) is 0 Å². The normalized spacial score (nSPS) is 25.4. The molecule has 6 atom stereocenters. The Hall–Kier alpha value is -3.21. The minimum atomic E-state index is -0.929. The average Bonchev–Trinajstić information content (AvgIpc) is 3.01. The molecule has 0 spiro atoms. The zero-order chi connectivity index (χ0) is 30.2. The van der Waals surface area contributed by atoms with Gasteiger partial charge in [0, 0.05) is 17.4 Å². The van der Waals surface area contributed by atoms with Gasteiger partial charge in [-0.2, -0.15) is 0 Å². The molecule has 8 nitrogen and oxygen atoms in total. The van der Waals surface area contributed by atoms with Crippen molar-refractivity contribution in [3.63, 3.8) is 0 Å². The molecule has 2 aliphatic heterocycles. The van der Waals surface area contributed by atoms with E-state index in [1.165, 1.54) is 18.7 Å². The van der Waals surface area contributed by atoms with E-state index in [1.54, 1.807) is 13.8 Å². The van der Waals surface area contributed by atoms with Crippen molar-refractivity contribution in [3.8, 4) is 0 Å². The Morgan fingerprint density at radius 3 is 2.21 bits per heavy atom. The topological polar surface area (TPSA) is 89.5 Å². The van der Waals surface area contributed by atoms with Crippen LogP contribution >= 0.6 is 11.8 Å². The van der Waals surface area contributed by atoms with Gasteiger partial charge in [-0.05, 0) is 38.0 Å². The number of carbonyl (C=O) groups excluding carboxylic acids is 2. The van der Waals surface area contributed by atoms with E-state index in [4.69, 9.17) is 28.4 Å². The maximum Gasteiger partial charge on any atom is 0.312 e. The molecule has 0 bridgehead atoms. The predicted molar refractivity (Wildman–Crippen MR) is 161 cm³/mol. The number of esters is 2. The standard InChI is InChI=1S/C34H38O8S/c1-23(35)37-20-19-34(2,3)33(36)42-30-29(38-21-24-13-7-4-8-14-24)28-27(40-32(30)43-26-17-11-6-12-18-26)22-39-31(41-28)25-15-9-5-10-16-25/h4-18,27-32H,19-22H2,1-3H3/t27-,28-,29+,30-,31?,32+/m1/s1. The Balaban J connectivity index is 1.44. The number of carbonyl (C=O) groups is 2. The first-order chi connectivity index (χ1) is 20.8. The van der Waals surface area contributed by atoms with E-state index < -0.39 is 53.5 Å². The summed E-state index contributed by atoms with van der Waals surface area (Å²) in [5.41, 5.74) is 0.333. The van der Waals surface area contributed by atoms with Crippen LogP contribution in [0.3, 0.4) is 0 Å². The average molecular weight is 607 g/mol. The van der Waals surface area contributed by atoms with Gasteiger partial charge < -0.3 is 28.4 Å². The molecule has 2 aliphatic rings. The fourth-order valence-corrected chi connectivity index (χ4v) is 6.10. The van der Waals surface area contributed by atoms with Crippen LogP contribution in [-0.2, 0) is 44.6 Å². The Morgan fingerprint density at radius 1 is 0.884 bits per heavy atom. The molecule has 228 valence electrons. The molecule has 0 aliphatic carbocycles. The van der Waals surface area contributed by atoms with Crippen molar-refractivity contribution in [2.24, 2.45) is 5.41 Å². The van der Waals surface area contributed by atoms with E-state index >= 15 is 0 Å². The third-order valence-corrected chi connectivity index (χ3v) is 8.62. The summed E-state index contributed by atoms with van der Waals surface area (Å²) in [4.78, 5) is 26.0. The van der Waals surface area contributed by atoms with E-state index in [1.807, 2.05) is 91.0 Å². The smallest absolute Gasteiger partial charge is 0.312 e. The molecule has 3 aromatic carbocycles. The van der Waals surface area contributed by atoms with Crippen LogP contribution in [0.2, 0.25) is 0 Å². The van der Waals surface area contributed by atoms with Crippen LogP contribution in [0, 0.1) is 5.41 Å². The Morgan fingerprint density at radius 2 is 1.53 bits per heavy atom. The summed E-state index contributed by atoms with van der Waals surface area (Å²) < 4.78 is 37.3. The Bertz CT molecular complexity index is 1320. The van der Waals surface area contributed by atoms with Gasteiger partial charge in [-0.3, -0.25) is 9.59 Å². The third kappa shape index (κ3) is 8.25. The zero-order valence-electron chi connectivity index (χ0n) is 24.6. The summed E-state index contributed by atoms with van der Waals surface area (Å²) in [6.07, 6.45) is -2.82. The van der Waals surface area contributed by atoms with Gasteiger partial charge >= 0.3 is 11.9 Å². The summed E-state index contributed by atoms with van der Waals surface area (Å²) in [5.74, 6) is -0.834. The van der Waals surface area contributed by atoms with Gasteiger partial charge in [0.15, 0.2) is 12.4 Å². The molecule has 3 aromatic rings. The number of hydrogen-bond acceptors (Lipinski definition) is 9. The van der Waals surface area contributed by atoms with Crippen molar-refractivity contribution in [3.05, 3.63) is 102 Å². The van der Waals surface area contributed by atoms with Crippen molar-refractivity contribution in [2.75, 3.05) is 13.2 Å². The minimum absolute atomic E-state index is 0.110. The van der Waals surface area contributed by atoms with Gasteiger partial charge in [0.05, 0.1) is 25.2 Å². The van der Waals surface area contributed by atoms with Crippen LogP contribution in [0.15, 0.2) is 95.9 Å². The predicted octanol–water partition coefficient (Wildman–Crippen LogP) is 6.09. The van der Waals surface area contributed by atoms with E-state index in [9.17, 15) is 9.59 Å². The van der Waals surface area contributed by atoms with Crippen molar-refractivity contribution >= 4 is 23.7 Å². The fraction of sp³-hybridized carbons (Fsp3) is 0.412. The number of fused-ring (bicyclic) bond motifs is 1. The number of ether oxygens (including phenoxy) is 6. The van der Waals surface area contributed by atoms with E-state index in [0.717, 1.165) is 16.0 Å². The summed E-state index contributed by atoms with van der Waals surface area (Å²) in [6.45, 7) is 5.59. The molecular weight excluding hydrogens is 568 g/mol. The number of rotatable bonds is 11. The maximum atomic E-state index is 13.7. The van der Waals surface area contributed by atoms with E-state index in [0.29, 0.717) is 13.0 Å². The summed E-state index contributed by atoms with van der Waals surface area (Å²) in [7, 11) is 0. The van der Waals surface area contributed by atoms with E-state index in [-0.39, 0.29) is 13.2 Å². The lowest BCUT2D eigenvalue weighted by molar-refractivity contribution is -0.326. The van der Waals surface area contributed by atoms with Crippen LogP contribution in [0.5, 0.6) is 0 Å². The molecule has 5 rings (SSSR count). The quantitative estimate of drug-likeness (QED) is 0.241. The van der Waals surface area contributed by atoms with Crippen LogP contribution in [0.4, 0.5) is 0 Å². The second-order valence-electron chi connectivity index (χ2n) is 11.3. The Kier molecular flexibility index (Phi) is 10.5. The maximum absolute atomic E-state index is 13.7. The first-order valence-electron chi connectivity index (χ1n) is 14.5. The SMILES string of the molecule is CC(=O)OCCC(C)(C)C(=O)O[C@@H]1[C@@H](OCc2ccccc2)[C@@H]2OC(c3ccccc3)OC[C@H]2O[C@H]1Sc1ccccc1. The molecule has 9 heteroatoms. The molecule has 0 saturated carbocycles. The Labute approximate surface area is 257 Å². The lowest BCUT2D eigenvalue weighted by atomic mass is 9.89. The number of thioether (sulfide) groups is 1. The third-order valence-electron chi connectivity index (χ3n) is 7.46. The zero-order valence-corrected chi connectivity index (χ0v) is 25.4. The second kappa shape index (κ2) is 14.5. The minimum Gasteiger partial charge on any atom is -0.466 e. The number of hydrogen-bond donors (Lipinski definition) is 0. The molecule has 0 radical (unpaired) electrons. The van der Waals surface area contributed by atoms with Crippen molar-refractivity contribution in [2.45, 2.75) is 74.8 Å². The highest BCUT2D eigenvalue weighted by atomic mass is 32.2. The lowest BCUT2D eigenvalue weighted by Gasteiger charge is -2.49. The highest BCUT2D eigenvalue weighted by molar-refractivity contribution is 7.99. The van der Waals surface area contributed by atoms with Gasteiger partial charge in [0.2, 0.25) is 0 Å². The van der Waals surface area contributed by atoms with Gasteiger partial charge in [-0.1, -0.05) is 90.6 Å². The summed E-state index contributed by atoms with van der Waals surface area (Å²) in [5, 5.41) is 0. The summed E-state index contributed by atoms with van der Waals surface area (Å²) in [6, 6.07) is 29.4. The molecule has 43 heavy (non-hydrogen) atoms.